The summed E-state index contributed by atoms with van der Waals surface area (Å²) in [5.41, 5.74) is 3.42. The Labute approximate surface area is 198 Å². The van der Waals surface area contributed by atoms with Crippen LogP contribution in [0.1, 0.15) is 27.0 Å². The van der Waals surface area contributed by atoms with Crippen molar-refractivity contribution in [2.75, 3.05) is 18.4 Å². The van der Waals surface area contributed by atoms with E-state index in [4.69, 9.17) is 6.42 Å². The highest BCUT2D eigenvalue weighted by Crippen LogP contribution is 2.25. The maximum Gasteiger partial charge on any atom is 0.251 e. The van der Waals surface area contributed by atoms with Crippen molar-refractivity contribution in [1.82, 2.24) is 9.62 Å². The second-order valence-electron chi connectivity index (χ2n) is 7.84. The van der Waals surface area contributed by atoms with Crippen LogP contribution in [0, 0.1) is 12.3 Å². The summed E-state index contributed by atoms with van der Waals surface area (Å²) < 4.78 is 27.8. The molecule has 3 aromatic rings. The Morgan fingerprint density at radius 1 is 0.971 bits per heavy atom. The number of nitrogens with one attached hydrogen (secondary N) is 2. The number of carbonyl (C=O) groups excluding carboxylic acids is 2. The Balaban J connectivity index is 1.41. The highest BCUT2D eigenvalue weighted by molar-refractivity contribution is 7.89. The summed E-state index contributed by atoms with van der Waals surface area (Å²) in [5.74, 6) is 1.50. The molecule has 0 unspecified atom stereocenters. The number of hydrogen-bond acceptors (Lipinski definition) is 4. The number of hydrogen-bond donors (Lipinski definition) is 2. The van der Waals surface area contributed by atoms with Crippen LogP contribution in [0.25, 0.3) is 0 Å². The summed E-state index contributed by atoms with van der Waals surface area (Å²) in [5, 5.41) is 5.18. The average molecular weight is 474 g/mol. The molecule has 0 saturated carbocycles. The molecule has 1 aliphatic heterocycles. The van der Waals surface area contributed by atoms with Crippen molar-refractivity contribution in [3.05, 3.63) is 95.1 Å². The van der Waals surface area contributed by atoms with Gasteiger partial charge in [-0.3, -0.25) is 9.59 Å². The normalized spacial score (nSPS) is 13.4. The van der Waals surface area contributed by atoms with E-state index in [9.17, 15) is 18.0 Å². The quantitative estimate of drug-likeness (QED) is 0.538. The van der Waals surface area contributed by atoms with E-state index in [0.29, 0.717) is 24.2 Å². The molecule has 2 N–H and O–H groups in total. The highest BCUT2D eigenvalue weighted by Gasteiger charge is 2.28. The van der Waals surface area contributed by atoms with Gasteiger partial charge in [-0.05, 0) is 53.9 Å². The first kappa shape index (κ1) is 23.2. The number of carbonyl (C=O) groups is 2. The lowest BCUT2D eigenvalue weighted by Gasteiger charge is -2.28. The third-order valence-corrected chi connectivity index (χ3v) is 7.39. The van der Waals surface area contributed by atoms with Crippen molar-refractivity contribution >= 4 is 27.5 Å². The molecule has 3 aromatic carbocycles. The molecule has 0 atom stereocenters. The van der Waals surface area contributed by atoms with Crippen LogP contribution < -0.4 is 10.6 Å². The van der Waals surface area contributed by atoms with Gasteiger partial charge in [0.1, 0.15) is 0 Å². The fraction of sp³-hybridized carbons (Fsp3) is 0.154. The minimum absolute atomic E-state index is 0.0371. The maximum atomic E-state index is 13.2. The maximum absolute atomic E-state index is 13.2. The lowest BCUT2D eigenvalue weighted by atomic mass is 10.0. The Morgan fingerprint density at radius 2 is 1.74 bits per heavy atom. The van der Waals surface area contributed by atoms with Crippen molar-refractivity contribution < 1.29 is 18.0 Å². The largest absolute Gasteiger partial charge is 0.343 e. The first-order chi connectivity index (χ1) is 16.4. The van der Waals surface area contributed by atoms with Crippen LogP contribution in [-0.4, -0.2) is 37.6 Å². The summed E-state index contributed by atoms with van der Waals surface area (Å²) in [4.78, 5) is 24.8. The zero-order valence-electron chi connectivity index (χ0n) is 18.3. The van der Waals surface area contributed by atoms with E-state index < -0.39 is 21.8 Å². The lowest BCUT2D eigenvalue weighted by Crippen LogP contribution is -2.36. The minimum atomic E-state index is -3.78. The lowest BCUT2D eigenvalue weighted by molar-refractivity contribution is -0.115. The molecule has 34 heavy (non-hydrogen) atoms. The van der Waals surface area contributed by atoms with Gasteiger partial charge >= 0.3 is 0 Å². The van der Waals surface area contributed by atoms with Gasteiger partial charge in [-0.2, -0.15) is 4.31 Å². The summed E-state index contributed by atoms with van der Waals surface area (Å²) in [6, 6.07) is 20.4. The number of benzene rings is 3. The van der Waals surface area contributed by atoms with Crippen LogP contribution in [0.4, 0.5) is 5.69 Å². The topological polar surface area (TPSA) is 95.6 Å². The monoisotopic (exact) mass is 473 g/mol. The number of terminal acetylenes is 1. The van der Waals surface area contributed by atoms with Gasteiger partial charge in [-0.1, -0.05) is 42.3 Å². The fourth-order valence-corrected chi connectivity index (χ4v) is 5.24. The molecule has 4 rings (SSSR count). The van der Waals surface area contributed by atoms with Gasteiger partial charge in [0.05, 0.1) is 11.4 Å². The third kappa shape index (κ3) is 5.17. The predicted octanol–water partition coefficient (Wildman–Crippen LogP) is 2.78. The van der Waals surface area contributed by atoms with Gasteiger partial charge in [-0.15, -0.1) is 6.42 Å². The van der Waals surface area contributed by atoms with E-state index >= 15 is 0 Å². The van der Waals surface area contributed by atoms with Crippen LogP contribution in [0.5, 0.6) is 0 Å². The zero-order valence-corrected chi connectivity index (χ0v) is 19.1. The van der Waals surface area contributed by atoms with Crippen molar-refractivity contribution in [1.29, 1.82) is 0 Å². The van der Waals surface area contributed by atoms with Gasteiger partial charge in [-0.25, -0.2) is 8.42 Å². The van der Waals surface area contributed by atoms with Crippen molar-refractivity contribution in [3.8, 4) is 12.3 Å². The van der Waals surface area contributed by atoms with Crippen molar-refractivity contribution in [2.45, 2.75) is 17.9 Å². The molecular formula is C26H23N3O4S. The summed E-state index contributed by atoms with van der Waals surface area (Å²) >= 11 is 0. The number of fused-ring (bicyclic) bond motifs is 1. The van der Waals surface area contributed by atoms with Crippen LogP contribution in [-0.2, 0) is 27.8 Å². The third-order valence-electron chi connectivity index (χ3n) is 5.55. The Bertz CT molecular complexity index is 1390. The number of nitrogens with zero attached hydrogens (tertiary/aromatic N) is 1. The second kappa shape index (κ2) is 9.91. The summed E-state index contributed by atoms with van der Waals surface area (Å²) in [7, 11) is -3.78. The van der Waals surface area contributed by atoms with E-state index in [1.54, 1.807) is 24.3 Å². The van der Waals surface area contributed by atoms with Crippen LogP contribution in [0.3, 0.4) is 0 Å². The molecule has 0 aromatic heterocycles. The Hall–Kier alpha value is -3.93. The first-order valence-corrected chi connectivity index (χ1v) is 12.1. The molecule has 172 valence electrons. The first-order valence-electron chi connectivity index (χ1n) is 10.7. The van der Waals surface area contributed by atoms with Gasteiger partial charge in [0.25, 0.3) is 5.91 Å². The number of rotatable bonds is 6. The Morgan fingerprint density at radius 3 is 2.53 bits per heavy atom. The van der Waals surface area contributed by atoms with Crippen molar-refractivity contribution in [3.63, 3.8) is 0 Å². The zero-order chi connectivity index (χ0) is 24.1. The highest BCUT2D eigenvalue weighted by atomic mass is 32.2. The van der Waals surface area contributed by atoms with E-state index in [1.807, 2.05) is 24.3 Å². The molecule has 0 spiro atoms. The smallest absolute Gasteiger partial charge is 0.251 e. The molecule has 1 heterocycles. The molecular weight excluding hydrogens is 450 g/mol. The minimum Gasteiger partial charge on any atom is -0.343 e. The fourth-order valence-electron chi connectivity index (χ4n) is 3.78. The second-order valence-corrected chi connectivity index (χ2v) is 9.78. The van der Waals surface area contributed by atoms with Gasteiger partial charge in [0.2, 0.25) is 15.9 Å². The van der Waals surface area contributed by atoms with Crippen LogP contribution in [0.15, 0.2) is 77.7 Å². The Kier molecular flexibility index (Phi) is 6.77. The van der Waals surface area contributed by atoms with E-state index in [-0.39, 0.29) is 23.5 Å². The van der Waals surface area contributed by atoms with Gasteiger partial charge < -0.3 is 10.6 Å². The van der Waals surface area contributed by atoms with Gasteiger partial charge in [0, 0.05) is 29.9 Å². The molecule has 0 saturated heterocycles. The molecule has 0 fully saturated rings. The molecule has 0 aliphatic carbocycles. The van der Waals surface area contributed by atoms with E-state index in [2.05, 4.69) is 16.6 Å². The molecule has 2 amide bonds. The average Bonchev–Trinajstić information content (AvgIpc) is 2.87. The molecule has 0 bridgehead atoms. The number of anilines is 1. The summed E-state index contributed by atoms with van der Waals surface area (Å²) in [6.45, 7) is 0.381. The molecule has 1 aliphatic rings. The standard InChI is InChI=1S/C26H23N3O4S/c1-2-19-7-5-11-23(15-19)28-25(30)17-27-26(31)21-10-6-12-24(16-21)34(32,33)29-14-13-20-8-3-4-9-22(20)18-29/h1,3-12,15-16H,13-14,17-18H2,(H,27,31)(H,28,30). The van der Waals surface area contributed by atoms with E-state index in [0.717, 1.165) is 11.1 Å². The molecule has 8 heteroatoms. The van der Waals surface area contributed by atoms with Crippen molar-refractivity contribution in [2.24, 2.45) is 0 Å². The molecule has 0 radical (unpaired) electrons. The SMILES string of the molecule is C#Cc1cccc(NC(=O)CNC(=O)c2cccc(S(=O)(=O)N3CCc4ccccc4C3)c2)c1. The van der Waals surface area contributed by atoms with Crippen LogP contribution >= 0.6 is 0 Å². The van der Waals surface area contributed by atoms with Gasteiger partial charge in [0.15, 0.2) is 0 Å². The number of sulfonamides is 1. The molecule has 7 nitrogen and oxygen atoms in total. The summed E-state index contributed by atoms with van der Waals surface area (Å²) in [6.07, 6.45) is 5.99. The van der Waals surface area contributed by atoms with E-state index in [1.165, 1.54) is 28.6 Å². The number of amides is 2. The van der Waals surface area contributed by atoms with Crippen LogP contribution in [0.2, 0.25) is 0 Å². The predicted molar refractivity (Wildman–Crippen MR) is 130 cm³/mol.